The van der Waals surface area contributed by atoms with Crippen LogP contribution in [0.15, 0.2) is 35.7 Å². The van der Waals surface area contributed by atoms with Gasteiger partial charge in [-0.05, 0) is 30.5 Å². The van der Waals surface area contributed by atoms with Crippen LogP contribution in [-0.2, 0) is 6.61 Å². The Kier molecular flexibility index (Phi) is 2.46. The number of aliphatic hydroxyl groups is 1. The third-order valence-corrected chi connectivity index (χ3v) is 3.72. The summed E-state index contributed by atoms with van der Waals surface area (Å²) in [4.78, 5) is 5.69. The fourth-order valence-corrected chi connectivity index (χ4v) is 2.82. The summed E-state index contributed by atoms with van der Waals surface area (Å²) in [6, 6.07) is 9.99. The standard InChI is InChI=1S/C13H12N2OS/c1-9-4-2-6-12-14-13(10(8-16)15(9)12)11-5-3-7-17-11/h2-7,16H,8H2,1H3. The van der Waals surface area contributed by atoms with Crippen LogP contribution in [0, 0.1) is 6.92 Å². The molecule has 17 heavy (non-hydrogen) atoms. The van der Waals surface area contributed by atoms with Gasteiger partial charge in [0.1, 0.15) is 11.3 Å². The van der Waals surface area contributed by atoms with Crippen LogP contribution in [0.2, 0.25) is 0 Å². The molecule has 0 atom stereocenters. The Morgan fingerprint density at radius 3 is 2.88 bits per heavy atom. The Bertz CT molecular complexity index is 655. The lowest BCUT2D eigenvalue weighted by atomic mass is 10.3. The van der Waals surface area contributed by atoms with Gasteiger partial charge in [-0.25, -0.2) is 4.98 Å². The summed E-state index contributed by atoms with van der Waals surface area (Å²) in [5.74, 6) is 0. The van der Waals surface area contributed by atoms with E-state index in [9.17, 15) is 5.11 Å². The maximum Gasteiger partial charge on any atom is 0.137 e. The number of pyridine rings is 1. The number of hydrogen-bond acceptors (Lipinski definition) is 3. The summed E-state index contributed by atoms with van der Waals surface area (Å²) in [7, 11) is 0. The molecule has 0 radical (unpaired) electrons. The average molecular weight is 244 g/mol. The molecule has 0 saturated heterocycles. The number of aryl methyl sites for hydroxylation is 1. The Hall–Kier alpha value is -1.65. The summed E-state index contributed by atoms with van der Waals surface area (Å²) in [6.07, 6.45) is 0. The Morgan fingerprint density at radius 2 is 2.18 bits per heavy atom. The highest BCUT2D eigenvalue weighted by Crippen LogP contribution is 2.28. The minimum Gasteiger partial charge on any atom is -0.390 e. The molecule has 3 nitrogen and oxygen atoms in total. The lowest BCUT2D eigenvalue weighted by molar-refractivity contribution is 0.276. The van der Waals surface area contributed by atoms with Gasteiger partial charge in [-0.15, -0.1) is 11.3 Å². The first-order valence-corrected chi connectivity index (χ1v) is 6.31. The largest absolute Gasteiger partial charge is 0.390 e. The van der Waals surface area contributed by atoms with Crippen molar-refractivity contribution < 1.29 is 5.11 Å². The van der Waals surface area contributed by atoms with Crippen molar-refractivity contribution in [2.24, 2.45) is 0 Å². The minimum absolute atomic E-state index is 0.000741. The van der Waals surface area contributed by atoms with Crippen LogP contribution in [0.25, 0.3) is 16.2 Å². The molecule has 0 aromatic carbocycles. The van der Waals surface area contributed by atoms with Crippen LogP contribution in [0.1, 0.15) is 11.4 Å². The van der Waals surface area contributed by atoms with E-state index in [2.05, 4.69) is 4.98 Å². The lowest BCUT2D eigenvalue weighted by Crippen LogP contribution is -1.97. The van der Waals surface area contributed by atoms with Crippen LogP contribution in [0.3, 0.4) is 0 Å². The first-order valence-electron chi connectivity index (χ1n) is 5.43. The molecule has 0 spiro atoms. The SMILES string of the molecule is Cc1cccc2nc(-c3cccs3)c(CO)n12. The van der Waals surface area contributed by atoms with Crippen LogP contribution >= 0.6 is 11.3 Å². The fourth-order valence-electron chi connectivity index (χ4n) is 2.08. The Balaban J connectivity index is 2.37. The highest BCUT2D eigenvalue weighted by molar-refractivity contribution is 7.13. The van der Waals surface area contributed by atoms with E-state index in [0.29, 0.717) is 0 Å². The summed E-state index contributed by atoms with van der Waals surface area (Å²) in [5, 5.41) is 11.6. The average Bonchev–Trinajstić information content (AvgIpc) is 2.95. The summed E-state index contributed by atoms with van der Waals surface area (Å²) >= 11 is 1.64. The fraction of sp³-hybridized carbons (Fsp3) is 0.154. The minimum atomic E-state index is -0.000741. The molecule has 3 aromatic rings. The van der Waals surface area contributed by atoms with Gasteiger partial charge in [0.15, 0.2) is 0 Å². The number of rotatable bonds is 2. The molecule has 3 heterocycles. The highest BCUT2D eigenvalue weighted by Gasteiger charge is 2.14. The van der Waals surface area contributed by atoms with Crippen LogP contribution in [0.4, 0.5) is 0 Å². The number of aromatic nitrogens is 2. The summed E-state index contributed by atoms with van der Waals surface area (Å²) < 4.78 is 2.01. The third kappa shape index (κ3) is 1.57. The number of aliphatic hydroxyl groups excluding tert-OH is 1. The zero-order chi connectivity index (χ0) is 11.8. The van der Waals surface area contributed by atoms with Crippen molar-refractivity contribution in [1.29, 1.82) is 0 Å². The van der Waals surface area contributed by atoms with Gasteiger partial charge in [-0.2, -0.15) is 0 Å². The smallest absolute Gasteiger partial charge is 0.137 e. The van der Waals surface area contributed by atoms with Crippen molar-refractivity contribution in [3.05, 3.63) is 47.1 Å². The van der Waals surface area contributed by atoms with Crippen LogP contribution < -0.4 is 0 Å². The second-order valence-electron chi connectivity index (χ2n) is 3.90. The predicted molar refractivity (Wildman–Crippen MR) is 69.2 cm³/mol. The van der Waals surface area contributed by atoms with Crippen LogP contribution in [0.5, 0.6) is 0 Å². The van der Waals surface area contributed by atoms with Crippen molar-refractivity contribution in [3.63, 3.8) is 0 Å². The number of hydrogen-bond donors (Lipinski definition) is 1. The topological polar surface area (TPSA) is 37.5 Å². The van der Waals surface area contributed by atoms with Crippen molar-refractivity contribution in [3.8, 4) is 10.6 Å². The van der Waals surface area contributed by atoms with Gasteiger partial charge in [0.25, 0.3) is 0 Å². The molecule has 0 aliphatic rings. The molecule has 86 valence electrons. The molecular formula is C13H12N2OS. The molecule has 0 unspecified atom stereocenters. The van der Waals surface area contributed by atoms with Gasteiger partial charge in [0.05, 0.1) is 17.2 Å². The zero-order valence-electron chi connectivity index (χ0n) is 9.42. The maximum atomic E-state index is 9.57. The predicted octanol–water partition coefficient (Wildman–Crippen LogP) is 2.86. The highest BCUT2D eigenvalue weighted by atomic mass is 32.1. The van der Waals surface area contributed by atoms with Crippen molar-refractivity contribution in [2.75, 3.05) is 0 Å². The monoisotopic (exact) mass is 244 g/mol. The van der Waals surface area contributed by atoms with Gasteiger partial charge in [-0.3, -0.25) is 4.40 Å². The second-order valence-corrected chi connectivity index (χ2v) is 4.85. The van der Waals surface area contributed by atoms with Gasteiger partial charge in [0.2, 0.25) is 0 Å². The Labute approximate surface area is 103 Å². The molecule has 4 heteroatoms. The van der Waals surface area contributed by atoms with Gasteiger partial charge >= 0.3 is 0 Å². The summed E-state index contributed by atoms with van der Waals surface area (Å²) in [5.41, 5.74) is 3.72. The van der Waals surface area contributed by atoms with Gasteiger partial charge < -0.3 is 5.11 Å². The number of imidazole rings is 1. The van der Waals surface area contributed by atoms with Crippen LogP contribution in [-0.4, -0.2) is 14.5 Å². The molecule has 0 amide bonds. The van der Waals surface area contributed by atoms with E-state index in [1.54, 1.807) is 11.3 Å². The zero-order valence-corrected chi connectivity index (χ0v) is 10.2. The molecule has 3 aromatic heterocycles. The number of fused-ring (bicyclic) bond motifs is 1. The molecule has 0 fully saturated rings. The quantitative estimate of drug-likeness (QED) is 0.752. The number of nitrogens with zero attached hydrogens (tertiary/aromatic N) is 2. The normalized spacial score (nSPS) is 11.2. The molecule has 0 saturated carbocycles. The van der Waals surface area contributed by atoms with Crippen molar-refractivity contribution >= 4 is 17.0 Å². The second kappa shape index (κ2) is 3.98. The third-order valence-electron chi connectivity index (χ3n) is 2.84. The van der Waals surface area contributed by atoms with Crippen molar-refractivity contribution in [1.82, 2.24) is 9.38 Å². The molecule has 0 bridgehead atoms. The Morgan fingerprint density at radius 1 is 1.29 bits per heavy atom. The van der Waals surface area contributed by atoms with Crippen molar-refractivity contribution in [2.45, 2.75) is 13.5 Å². The molecular weight excluding hydrogens is 232 g/mol. The molecule has 3 rings (SSSR count). The molecule has 0 aliphatic heterocycles. The van der Waals surface area contributed by atoms with E-state index in [1.807, 2.05) is 47.0 Å². The van der Waals surface area contributed by atoms with E-state index < -0.39 is 0 Å². The van der Waals surface area contributed by atoms with E-state index in [0.717, 1.165) is 27.6 Å². The molecule has 0 aliphatic carbocycles. The van der Waals surface area contributed by atoms with E-state index >= 15 is 0 Å². The van der Waals surface area contributed by atoms with E-state index in [1.165, 1.54) is 0 Å². The van der Waals surface area contributed by atoms with Gasteiger partial charge in [0, 0.05) is 5.69 Å². The van der Waals surface area contributed by atoms with E-state index in [-0.39, 0.29) is 6.61 Å². The molecule has 1 N–H and O–H groups in total. The lowest BCUT2D eigenvalue weighted by Gasteiger charge is -2.03. The first-order chi connectivity index (χ1) is 8.31. The summed E-state index contributed by atoms with van der Waals surface area (Å²) in [6.45, 7) is 2.02. The van der Waals surface area contributed by atoms with E-state index in [4.69, 9.17) is 0 Å². The first kappa shape index (κ1) is 10.5. The number of thiophene rings is 1. The maximum absolute atomic E-state index is 9.57. The van der Waals surface area contributed by atoms with Gasteiger partial charge in [-0.1, -0.05) is 12.1 Å².